The summed E-state index contributed by atoms with van der Waals surface area (Å²) in [6, 6.07) is 0. The van der Waals surface area contributed by atoms with Gasteiger partial charge in [0, 0.05) is 0 Å². The molecule has 0 saturated heterocycles. The van der Waals surface area contributed by atoms with Gasteiger partial charge in [-0.3, -0.25) is 0 Å². The molecule has 4 aliphatic carbocycles. The van der Waals surface area contributed by atoms with Gasteiger partial charge in [-0.1, -0.05) is 20.8 Å². The first-order valence-electron chi connectivity index (χ1n) is 6.63. The summed E-state index contributed by atoms with van der Waals surface area (Å²) in [6.07, 6.45) is 9.62. The molecule has 0 aliphatic heterocycles. The minimum atomic E-state index is 0.833. The smallest absolute Gasteiger partial charge is 0.0406 e. The summed E-state index contributed by atoms with van der Waals surface area (Å²) in [5, 5.41) is 0. The van der Waals surface area contributed by atoms with Gasteiger partial charge >= 0.3 is 0 Å². The maximum atomic E-state index is 2.17. The quantitative estimate of drug-likeness (QED) is 0.533. The van der Waals surface area contributed by atoms with Gasteiger partial charge in [0.25, 0.3) is 0 Å². The molecule has 4 bridgehead atoms. The van der Waals surface area contributed by atoms with E-state index in [4.69, 9.17) is 0 Å². The molecule has 0 aromatic carbocycles. The van der Waals surface area contributed by atoms with Crippen LogP contribution in [0.3, 0.4) is 0 Å². The van der Waals surface area contributed by atoms with Crippen molar-refractivity contribution >= 4 is 0 Å². The average Bonchev–Trinajstić information content (AvgIpc) is 1.98. The predicted octanol–water partition coefficient (Wildman–Crippen LogP) is 4.49. The van der Waals surface area contributed by atoms with E-state index in [-0.39, 0.29) is 0 Å². The van der Waals surface area contributed by atoms with Crippen molar-refractivity contribution in [2.24, 2.45) is 29.6 Å². The molecule has 4 saturated carbocycles. The van der Waals surface area contributed by atoms with Crippen LogP contribution in [-0.4, -0.2) is 0 Å². The molecule has 0 N–H and O–H groups in total. The van der Waals surface area contributed by atoms with E-state index in [1.165, 1.54) is 23.7 Å². The highest BCUT2D eigenvalue weighted by Gasteiger charge is 2.41. The Hall–Kier alpha value is 0. The lowest BCUT2D eigenvalue weighted by molar-refractivity contribution is 0.0198. The summed E-state index contributed by atoms with van der Waals surface area (Å²) in [5.74, 6) is 5.54. The standard InChI is InChI=1S/C10H16.C4H10/c1-7-2-9-4-8(1)5-10(3-7)6-9;1-4(2)3/h7-10H,1-6H2;4H,1-3H3. The van der Waals surface area contributed by atoms with Gasteiger partial charge in [-0.2, -0.15) is 0 Å². The molecule has 0 nitrogen and oxygen atoms in total. The van der Waals surface area contributed by atoms with Gasteiger partial charge in [0.2, 0.25) is 0 Å². The van der Waals surface area contributed by atoms with Crippen molar-refractivity contribution in [3.63, 3.8) is 0 Å². The third kappa shape index (κ3) is 2.52. The molecule has 4 aliphatic rings. The lowest BCUT2D eigenvalue weighted by atomic mass is 9.56. The minimum Gasteiger partial charge on any atom is -0.0630 e. The molecule has 4 rings (SSSR count). The van der Waals surface area contributed by atoms with Crippen LogP contribution in [0.15, 0.2) is 0 Å². The fraction of sp³-hybridized carbons (Fsp3) is 1.00. The van der Waals surface area contributed by atoms with Crippen LogP contribution in [0.5, 0.6) is 0 Å². The molecule has 4 fully saturated rings. The van der Waals surface area contributed by atoms with Gasteiger partial charge in [0.05, 0.1) is 0 Å². The molecular weight excluding hydrogens is 168 g/mol. The molecule has 0 heterocycles. The molecular formula is C14H26. The Morgan fingerprint density at radius 3 is 0.857 bits per heavy atom. The Labute approximate surface area is 89.5 Å². The lowest BCUT2D eigenvalue weighted by Crippen LogP contribution is -2.38. The maximum Gasteiger partial charge on any atom is -0.0406 e. The summed E-state index contributed by atoms with van der Waals surface area (Å²) in [4.78, 5) is 0. The van der Waals surface area contributed by atoms with Crippen molar-refractivity contribution in [2.45, 2.75) is 59.3 Å². The van der Waals surface area contributed by atoms with Gasteiger partial charge in [0.15, 0.2) is 0 Å². The highest BCUT2D eigenvalue weighted by atomic mass is 14.5. The van der Waals surface area contributed by atoms with E-state index < -0.39 is 0 Å². The zero-order chi connectivity index (χ0) is 10.1. The second-order valence-corrected chi connectivity index (χ2v) is 6.61. The Balaban J connectivity index is 0.000000165. The largest absolute Gasteiger partial charge is 0.0630 e. The molecule has 0 spiro atoms. The molecule has 0 amide bonds. The first-order valence-corrected chi connectivity index (χ1v) is 6.63. The van der Waals surface area contributed by atoms with E-state index in [1.54, 1.807) is 38.5 Å². The molecule has 0 heteroatoms. The molecule has 0 unspecified atom stereocenters. The van der Waals surface area contributed by atoms with Gasteiger partial charge < -0.3 is 0 Å². The monoisotopic (exact) mass is 194 g/mol. The average molecular weight is 194 g/mol. The predicted molar refractivity (Wildman–Crippen MR) is 62.2 cm³/mol. The van der Waals surface area contributed by atoms with Gasteiger partial charge in [0.1, 0.15) is 0 Å². The second kappa shape index (κ2) is 4.24. The van der Waals surface area contributed by atoms with Crippen molar-refractivity contribution < 1.29 is 0 Å². The molecule has 82 valence electrons. The topological polar surface area (TPSA) is 0 Å². The van der Waals surface area contributed by atoms with Gasteiger partial charge in [-0.25, -0.2) is 0 Å². The Kier molecular flexibility index (Phi) is 3.19. The fourth-order valence-electron chi connectivity index (χ4n) is 3.98. The van der Waals surface area contributed by atoms with Crippen LogP contribution in [0.1, 0.15) is 59.3 Å². The summed E-state index contributed by atoms with van der Waals surface area (Å²) < 4.78 is 0. The highest BCUT2D eigenvalue weighted by Crippen LogP contribution is 2.53. The molecule has 0 atom stereocenters. The van der Waals surface area contributed by atoms with Crippen molar-refractivity contribution in [1.82, 2.24) is 0 Å². The van der Waals surface area contributed by atoms with Crippen molar-refractivity contribution in [3.05, 3.63) is 0 Å². The molecule has 0 radical (unpaired) electrons. The summed E-state index contributed by atoms with van der Waals surface area (Å²) in [6.45, 7) is 6.50. The Bertz CT molecular complexity index is 121. The van der Waals surface area contributed by atoms with Gasteiger partial charge in [-0.15, -0.1) is 0 Å². The van der Waals surface area contributed by atoms with Crippen LogP contribution >= 0.6 is 0 Å². The van der Waals surface area contributed by atoms with E-state index in [1.807, 2.05) is 0 Å². The van der Waals surface area contributed by atoms with Crippen molar-refractivity contribution in [3.8, 4) is 0 Å². The third-order valence-corrected chi connectivity index (χ3v) is 4.00. The van der Waals surface area contributed by atoms with Crippen LogP contribution in [0.25, 0.3) is 0 Å². The Morgan fingerprint density at radius 2 is 0.714 bits per heavy atom. The molecule has 0 aromatic heterocycles. The van der Waals surface area contributed by atoms with E-state index in [0.717, 1.165) is 5.92 Å². The highest BCUT2D eigenvalue weighted by molar-refractivity contribution is 4.92. The van der Waals surface area contributed by atoms with Crippen LogP contribution in [0.2, 0.25) is 0 Å². The number of hydrogen-bond acceptors (Lipinski definition) is 0. The second-order valence-electron chi connectivity index (χ2n) is 6.61. The zero-order valence-electron chi connectivity index (χ0n) is 10.1. The van der Waals surface area contributed by atoms with E-state index >= 15 is 0 Å². The van der Waals surface area contributed by atoms with Gasteiger partial charge in [-0.05, 0) is 68.1 Å². The summed E-state index contributed by atoms with van der Waals surface area (Å²) in [7, 11) is 0. The number of hydrogen-bond donors (Lipinski definition) is 0. The van der Waals surface area contributed by atoms with Crippen LogP contribution in [0, 0.1) is 29.6 Å². The lowest BCUT2D eigenvalue weighted by Gasteiger charge is -2.49. The third-order valence-electron chi connectivity index (χ3n) is 4.00. The number of rotatable bonds is 0. The van der Waals surface area contributed by atoms with Crippen LogP contribution < -0.4 is 0 Å². The van der Waals surface area contributed by atoms with E-state index in [2.05, 4.69) is 20.8 Å². The minimum absolute atomic E-state index is 0.833. The molecule has 14 heavy (non-hydrogen) atoms. The SMILES string of the molecule is C1C2CC3CC1CC(C2)C3.CC(C)C. The van der Waals surface area contributed by atoms with Crippen molar-refractivity contribution in [2.75, 3.05) is 0 Å². The van der Waals surface area contributed by atoms with Crippen molar-refractivity contribution in [1.29, 1.82) is 0 Å². The first-order chi connectivity index (χ1) is 6.63. The maximum absolute atomic E-state index is 2.17. The zero-order valence-corrected chi connectivity index (χ0v) is 10.1. The summed E-state index contributed by atoms with van der Waals surface area (Å²) >= 11 is 0. The normalized spacial score (nSPS) is 43.7. The Morgan fingerprint density at radius 1 is 0.571 bits per heavy atom. The first kappa shape index (κ1) is 10.5. The van der Waals surface area contributed by atoms with E-state index in [9.17, 15) is 0 Å². The van der Waals surface area contributed by atoms with Crippen LogP contribution in [0.4, 0.5) is 0 Å². The summed E-state index contributed by atoms with van der Waals surface area (Å²) in [5.41, 5.74) is 0. The molecule has 0 aromatic rings. The fourth-order valence-corrected chi connectivity index (χ4v) is 3.98. The van der Waals surface area contributed by atoms with Crippen LogP contribution in [-0.2, 0) is 0 Å². The van der Waals surface area contributed by atoms with E-state index in [0.29, 0.717) is 0 Å².